The first-order valence-electron chi connectivity index (χ1n) is 16.3. The molecule has 0 bridgehead atoms. The van der Waals surface area contributed by atoms with Crippen molar-refractivity contribution in [1.29, 1.82) is 0 Å². The SMILES string of the molecule is CC(=O)[C@]1(O)CC[C@@]2(O)[C@]1(C)[C@H](OC(=O)/C=C(\C)C(C)C)CC1[C@@]3(C)CC[C@H](OC(=O)/C=C/c4ccccc4Cl)CC3=CC[C@]12O. The number of Topliss-reactive ketones (excluding diaryl/α,β-unsaturated/α-hetero) is 1. The number of benzene rings is 1. The highest BCUT2D eigenvalue weighted by Crippen LogP contribution is 2.71. The summed E-state index contributed by atoms with van der Waals surface area (Å²) in [6, 6.07) is 7.20. The fraction of sp³-hybridized carbons (Fsp3) is 0.595. The molecule has 0 radical (unpaired) electrons. The highest BCUT2D eigenvalue weighted by atomic mass is 35.5. The van der Waals surface area contributed by atoms with Crippen LogP contribution in [-0.4, -0.2) is 62.1 Å². The van der Waals surface area contributed by atoms with Gasteiger partial charge in [0.1, 0.15) is 29.0 Å². The highest BCUT2D eigenvalue weighted by Gasteiger charge is 2.81. The predicted molar refractivity (Wildman–Crippen MR) is 174 cm³/mol. The van der Waals surface area contributed by atoms with E-state index in [9.17, 15) is 29.7 Å². The summed E-state index contributed by atoms with van der Waals surface area (Å²) in [4.78, 5) is 39.1. The molecule has 4 aliphatic rings. The number of ether oxygens (including phenoxy) is 2. The van der Waals surface area contributed by atoms with Gasteiger partial charge >= 0.3 is 11.9 Å². The van der Waals surface area contributed by atoms with Crippen LogP contribution in [0.5, 0.6) is 0 Å². The molecule has 3 saturated carbocycles. The van der Waals surface area contributed by atoms with Gasteiger partial charge in [0.05, 0.1) is 5.41 Å². The Kier molecular flexibility index (Phi) is 9.04. The van der Waals surface area contributed by atoms with Crippen LogP contribution in [0, 0.1) is 22.7 Å². The summed E-state index contributed by atoms with van der Waals surface area (Å²) < 4.78 is 11.9. The molecule has 8 nitrogen and oxygen atoms in total. The zero-order valence-electron chi connectivity index (χ0n) is 27.6. The van der Waals surface area contributed by atoms with Gasteiger partial charge in [-0.3, -0.25) is 4.79 Å². The molecule has 1 aromatic rings. The zero-order valence-corrected chi connectivity index (χ0v) is 28.4. The lowest BCUT2D eigenvalue weighted by Gasteiger charge is -2.67. The second-order valence-electron chi connectivity index (χ2n) is 14.7. The molecule has 3 N–H and O–H groups in total. The van der Waals surface area contributed by atoms with Crippen LogP contribution in [0.3, 0.4) is 0 Å². The molecule has 0 aromatic heterocycles. The molecule has 3 fully saturated rings. The molecular formula is C37H47ClO8. The number of carbonyl (C=O) groups is 3. The van der Waals surface area contributed by atoms with E-state index in [2.05, 4.69) is 0 Å². The molecule has 4 aliphatic carbocycles. The number of ketones is 1. The average molecular weight is 655 g/mol. The number of hydrogen-bond acceptors (Lipinski definition) is 8. The Balaban J connectivity index is 1.45. The van der Waals surface area contributed by atoms with E-state index in [1.807, 2.05) is 52.0 Å². The van der Waals surface area contributed by atoms with Crippen molar-refractivity contribution in [1.82, 2.24) is 0 Å². The summed E-state index contributed by atoms with van der Waals surface area (Å²) in [7, 11) is 0. The maximum atomic E-state index is 13.3. The van der Waals surface area contributed by atoms with Crippen molar-refractivity contribution in [3.8, 4) is 0 Å². The van der Waals surface area contributed by atoms with E-state index in [0.717, 1.165) is 11.1 Å². The number of esters is 2. The molecule has 0 amide bonds. The third-order valence-electron chi connectivity index (χ3n) is 12.2. The van der Waals surface area contributed by atoms with E-state index >= 15 is 0 Å². The van der Waals surface area contributed by atoms with Crippen LogP contribution in [0.1, 0.15) is 92.1 Å². The van der Waals surface area contributed by atoms with E-state index in [1.54, 1.807) is 19.1 Å². The smallest absolute Gasteiger partial charge is 0.331 e. The molecule has 0 heterocycles. The van der Waals surface area contributed by atoms with Gasteiger partial charge in [-0.1, -0.05) is 67.8 Å². The molecule has 0 spiro atoms. The van der Waals surface area contributed by atoms with Gasteiger partial charge in [-0.15, -0.1) is 0 Å². The minimum atomic E-state index is -2.00. The first-order valence-corrected chi connectivity index (χ1v) is 16.7. The number of hydrogen-bond donors (Lipinski definition) is 3. The van der Waals surface area contributed by atoms with Crippen LogP contribution in [0.15, 0.2) is 53.6 Å². The lowest BCUT2D eigenvalue weighted by atomic mass is 9.42. The molecule has 46 heavy (non-hydrogen) atoms. The second kappa shape index (κ2) is 12.0. The summed E-state index contributed by atoms with van der Waals surface area (Å²) in [6.45, 7) is 10.7. The molecule has 5 rings (SSSR count). The summed E-state index contributed by atoms with van der Waals surface area (Å²) >= 11 is 6.20. The predicted octanol–water partition coefficient (Wildman–Crippen LogP) is 5.90. The number of carbonyl (C=O) groups excluding carboxylic acids is 3. The number of fused-ring (bicyclic) bond motifs is 5. The molecule has 8 atom stereocenters. The summed E-state index contributed by atoms with van der Waals surface area (Å²) in [5, 5.41) is 37.7. The third-order valence-corrected chi connectivity index (χ3v) is 12.6. The van der Waals surface area contributed by atoms with Gasteiger partial charge in [0.25, 0.3) is 0 Å². The van der Waals surface area contributed by atoms with Gasteiger partial charge in [-0.2, -0.15) is 0 Å². The molecule has 1 unspecified atom stereocenters. The molecule has 9 heteroatoms. The highest BCUT2D eigenvalue weighted by molar-refractivity contribution is 6.32. The van der Waals surface area contributed by atoms with E-state index in [4.69, 9.17) is 21.1 Å². The minimum absolute atomic E-state index is 0.0290. The number of aliphatic hydroxyl groups is 3. The maximum absolute atomic E-state index is 13.3. The quantitative estimate of drug-likeness (QED) is 0.188. The Labute approximate surface area is 276 Å². The Morgan fingerprint density at radius 2 is 1.70 bits per heavy atom. The molecule has 1 aromatic carbocycles. The normalized spacial score (nSPS) is 38.9. The van der Waals surface area contributed by atoms with Gasteiger partial charge in [0.15, 0.2) is 5.78 Å². The first-order chi connectivity index (χ1) is 21.4. The lowest BCUT2D eigenvalue weighted by Crippen LogP contribution is -2.78. The monoisotopic (exact) mass is 654 g/mol. The summed E-state index contributed by atoms with van der Waals surface area (Å²) in [6.07, 6.45) is 6.59. The third kappa shape index (κ3) is 5.20. The van der Waals surface area contributed by atoms with Crippen molar-refractivity contribution in [3.05, 3.63) is 64.2 Å². The standard InChI is InChI=1S/C37H47ClO8/c1-22(2)23(3)19-32(41)46-30-21-29-33(5)15-14-27(45-31(40)12-11-25-9-7-8-10-28(25)38)20-26(33)13-16-36(29,43)37(44)18-17-35(42,24(4)39)34(30,37)6/h7-13,19,22,27,29-30,42-44H,14-18,20-21H2,1-6H3/b12-11+,23-19+/t27-,29?,30+,33-,34+,35+,36-,37+/m0/s1. The Morgan fingerprint density at radius 1 is 1.00 bits per heavy atom. The van der Waals surface area contributed by atoms with Crippen molar-refractivity contribution in [2.45, 2.75) is 115 Å². The fourth-order valence-electron chi connectivity index (χ4n) is 8.96. The first kappa shape index (κ1) is 34.6. The van der Waals surface area contributed by atoms with E-state index in [-0.39, 0.29) is 37.7 Å². The van der Waals surface area contributed by atoms with Gasteiger partial charge in [0, 0.05) is 29.5 Å². The van der Waals surface area contributed by atoms with Crippen molar-refractivity contribution in [2.24, 2.45) is 22.7 Å². The summed E-state index contributed by atoms with van der Waals surface area (Å²) in [5.41, 5.74) is -5.37. The molecular weight excluding hydrogens is 608 g/mol. The van der Waals surface area contributed by atoms with E-state index in [1.165, 1.54) is 19.1 Å². The van der Waals surface area contributed by atoms with Crippen LogP contribution in [-0.2, 0) is 23.9 Å². The average Bonchev–Trinajstić information content (AvgIpc) is 3.22. The van der Waals surface area contributed by atoms with Crippen molar-refractivity contribution < 1.29 is 39.2 Å². The van der Waals surface area contributed by atoms with Crippen molar-refractivity contribution in [3.63, 3.8) is 0 Å². The topological polar surface area (TPSA) is 130 Å². The Hall–Kier alpha value is -2.78. The molecule has 250 valence electrons. The second-order valence-corrected chi connectivity index (χ2v) is 15.1. The van der Waals surface area contributed by atoms with Crippen LogP contribution >= 0.6 is 11.6 Å². The van der Waals surface area contributed by atoms with Crippen LogP contribution in [0.2, 0.25) is 5.02 Å². The van der Waals surface area contributed by atoms with Gasteiger partial charge < -0.3 is 24.8 Å². The Morgan fingerprint density at radius 3 is 2.35 bits per heavy atom. The van der Waals surface area contributed by atoms with E-state index in [0.29, 0.717) is 29.8 Å². The number of halogens is 1. The largest absolute Gasteiger partial charge is 0.459 e. The zero-order chi connectivity index (χ0) is 33.9. The fourth-order valence-corrected chi connectivity index (χ4v) is 9.15. The molecule has 0 saturated heterocycles. The van der Waals surface area contributed by atoms with Crippen molar-refractivity contribution in [2.75, 3.05) is 0 Å². The van der Waals surface area contributed by atoms with Gasteiger partial charge in [0.2, 0.25) is 0 Å². The van der Waals surface area contributed by atoms with Crippen LogP contribution < -0.4 is 0 Å². The van der Waals surface area contributed by atoms with Crippen molar-refractivity contribution >= 4 is 35.4 Å². The molecule has 0 aliphatic heterocycles. The lowest BCUT2D eigenvalue weighted by molar-refractivity contribution is -0.314. The van der Waals surface area contributed by atoms with Gasteiger partial charge in [-0.05, 0) is 88.3 Å². The van der Waals surface area contributed by atoms with Crippen LogP contribution in [0.25, 0.3) is 6.08 Å². The minimum Gasteiger partial charge on any atom is -0.459 e. The van der Waals surface area contributed by atoms with Crippen LogP contribution in [0.4, 0.5) is 0 Å². The summed E-state index contributed by atoms with van der Waals surface area (Å²) in [5.74, 6) is -2.07. The number of allylic oxidation sites excluding steroid dienone is 1. The van der Waals surface area contributed by atoms with Gasteiger partial charge in [-0.25, -0.2) is 9.59 Å². The van der Waals surface area contributed by atoms with E-state index < -0.39 is 57.4 Å². The maximum Gasteiger partial charge on any atom is 0.331 e. The Bertz CT molecular complexity index is 1510. The number of rotatable bonds is 7.